The van der Waals surface area contributed by atoms with Gasteiger partial charge in [0.15, 0.2) is 0 Å². The van der Waals surface area contributed by atoms with Gasteiger partial charge in [-0.25, -0.2) is 0 Å². The highest BCUT2D eigenvalue weighted by atomic mass is 15.2. The Bertz CT molecular complexity index is 369. The first kappa shape index (κ1) is 13.0. The summed E-state index contributed by atoms with van der Waals surface area (Å²) in [6.07, 6.45) is 2.53. The summed E-state index contributed by atoms with van der Waals surface area (Å²) in [5.41, 5.74) is 11.1. The maximum absolute atomic E-state index is 5.55. The number of piperidine rings is 1. The molecule has 0 aromatic carbocycles. The Labute approximate surface area is 107 Å². The van der Waals surface area contributed by atoms with E-state index < -0.39 is 0 Å². The van der Waals surface area contributed by atoms with Gasteiger partial charge in [-0.2, -0.15) is 15.0 Å². The number of nitrogens with two attached hydrogens (primary N) is 2. The van der Waals surface area contributed by atoms with Crippen LogP contribution < -0.4 is 16.8 Å². The van der Waals surface area contributed by atoms with Gasteiger partial charge in [-0.3, -0.25) is 4.90 Å². The third-order valence-electron chi connectivity index (χ3n) is 3.10. The van der Waals surface area contributed by atoms with E-state index in [1.165, 1.54) is 12.8 Å². The quantitative estimate of drug-likeness (QED) is 0.660. The Hall–Kier alpha value is -1.47. The predicted molar refractivity (Wildman–Crippen MR) is 70.6 cm³/mol. The first-order chi connectivity index (χ1) is 8.63. The lowest BCUT2D eigenvalue weighted by Crippen LogP contribution is -2.36. The van der Waals surface area contributed by atoms with E-state index in [2.05, 4.69) is 32.2 Å². The minimum Gasteiger partial charge on any atom is -0.368 e. The van der Waals surface area contributed by atoms with Crippen molar-refractivity contribution in [3.05, 3.63) is 5.82 Å². The van der Waals surface area contributed by atoms with Crippen molar-refractivity contribution >= 4 is 11.9 Å². The van der Waals surface area contributed by atoms with Crippen LogP contribution >= 0.6 is 0 Å². The molecule has 100 valence electrons. The maximum atomic E-state index is 5.55. The second-order valence-corrected chi connectivity index (χ2v) is 4.88. The van der Waals surface area contributed by atoms with Crippen molar-refractivity contribution in [1.29, 1.82) is 0 Å². The average Bonchev–Trinajstić information content (AvgIpc) is 2.28. The molecule has 1 saturated heterocycles. The van der Waals surface area contributed by atoms with E-state index in [9.17, 15) is 0 Å². The third-order valence-corrected chi connectivity index (χ3v) is 3.10. The Balaban J connectivity index is 1.87. The molecule has 1 unspecified atom stereocenters. The molecule has 1 aromatic heterocycles. The molecule has 2 rings (SSSR count). The summed E-state index contributed by atoms with van der Waals surface area (Å²) in [7, 11) is 2.06. The Morgan fingerprint density at radius 1 is 1.28 bits per heavy atom. The van der Waals surface area contributed by atoms with Crippen molar-refractivity contribution in [3.63, 3.8) is 0 Å². The summed E-state index contributed by atoms with van der Waals surface area (Å²) in [6.45, 7) is 3.90. The van der Waals surface area contributed by atoms with Gasteiger partial charge in [-0.1, -0.05) is 0 Å². The van der Waals surface area contributed by atoms with Gasteiger partial charge < -0.3 is 16.8 Å². The topological polar surface area (TPSA) is 106 Å². The summed E-state index contributed by atoms with van der Waals surface area (Å²) >= 11 is 0. The molecular weight excluding hydrogens is 230 g/mol. The van der Waals surface area contributed by atoms with Crippen LogP contribution in [0.5, 0.6) is 0 Å². The van der Waals surface area contributed by atoms with E-state index in [0.29, 0.717) is 18.3 Å². The molecule has 0 saturated carbocycles. The Morgan fingerprint density at radius 3 is 2.61 bits per heavy atom. The predicted octanol–water partition coefficient (Wildman–Crippen LogP) is -0.533. The molecule has 1 fully saturated rings. The number of hydrogen-bond donors (Lipinski definition) is 3. The van der Waals surface area contributed by atoms with Crippen molar-refractivity contribution in [2.75, 3.05) is 38.1 Å². The minimum absolute atomic E-state index is 0.185. The van der Waals surface area contributed by atoms with Crippen molar-refractivity contribution in [2.24, 2.45) is 5.92 Å². The second-order valence-electron chi connectivity index (χ2n) is 4.88. The highest BCUT2D eigenvalue weighted by Gasteiger charge is 2.15. The number of nitrogens with one attached hydrogen (secondary N) is 1. The van der Waals surface area contributed by atoms with Gasteiger partial charge in [-0.05, 0) is 38.9 Å². The fourth-order valence-corrected chi connectivity index (χ4v) is 2.35. The normalized spacial score (nSPS) is 20.2. The average molecular weight is 251 g/mol. The number of rotatable bonds is 4. The summed E-state index contributed by atoms with van der Waals surface area (Å²) in [6, 6.07) is 0. The monoisotopic (exact) mass is 251 g/mol. The zero-order valence-electron chi connectivity index (χ0n) is 10.8. The molecule has 0 bridgehead atoms. The van der Waals surface area contributed by atoms with Crippen LogP contribution in [0.2, 0.25) is 0 Å². The lowest BCUT2D eigenvalue weighted by atomic mass is 9.99. The molecule has 1 aromatic rings. The van der Waals surface area contributed by atoms with E-state index >= 15 is 0 Å². The molecule has 7 nitrogen and oxygen atoms in total. The van der Waals surface area contributed by atoms with Crippen molar-refractivity contribution in [3.8, 4) is 0 Å². The third kappa shape index (κ3) is 3.78. The number of hydrogen-bond acceptors (Lipinski definition) is 7. The molecule has 1 atom stereocenters. The molecule has 7 heteroatoms. The molecule has 0 radical (unpaired) electrons. The summed E-state index contributed by atoms with van der Waals surface area (Å²) in [4.78, 5) is 14.1. The molecular formula is C11H21N7. The number of anilines is 2. The molecule has 5 N–H and O–H groups in total. The first-order valence-electron chi connectivity index (χ1n) is 6.28. The molecule has 0 amide bonds. The Morgan fingerprint density at radius 2 is 2.00 bits per heavy atom. The van der Waals surface area contributed by atoms with Crippen LogP contribution in [0.15, 0.2) is 0 Å². The van der Waals surface area contributed by atoms with Crippen LogP contribution in [0, 0.1) is 5.92 Å². The molecule has 2 heterocycles. The summed E-state index contributed by atoms with van der Waals surface area (Å²) in [5.74, 6) is 1.70. The van der Waals surface area contributed by atoms with Gasteiger partial charge in [0.05, 0.1) is 6.54 Å². The smallest absolute Gasteiger partial charge is 0.225 e. The van der Waals surface area contributed by atoms with E-state index in [-0.39, 0.29) is 11.9 Å². The molecule has 1 aliphatic heterocycles. The van der Waals surface area contributed by atoms with E-state index in [0.717, 1.165) is 19.6 Å². The van der Waals surface area contributed by atoms with Crippen LogP contribution in [0.25, 0.3) is 0 Å². The molecule has 0 spiro atoms. The van der Waals surface area contributed by atoms with Crippen LogP contribution in [0.3, 0.4) is 0 Å². The van der Waals surface area contributed by atoms with Gasteiger partial charge in [0.1, 0.15) is 5.82 Å². The van der Waals surface area contributed by atoms with E-state index in [1.54, 1.807) is 0 Å². The van der Waals surface area contributed by atoms with Gasteiger partial charge in [0.2, 0.25) is 11.9 Å². The highest BCUT2D eigenvalue weighted by molar-refractivity contribution is 5.25. The van der Waals surface area contributed by atoms with E-state index in [4.69, 9.17) is 11.5 Å². The maximum Gasteiger partial charge on any atom is 0.225 e. The van der Waals surface area contributed by atoms with Gasteiger partial charge in [0, 0.05) is 6.54 Å². The highest BCUT2D eigenvalue weighted by Crippen LogP contribution is 2.12. The van der Waals surface area contributed by atoms with Gasteiger partial charge in [-0.15, -0.1) is 0 Å². The lowest BCUT2D eigenvalue weighted by molar-refractivity contribution is 0.233. The van der Waals surface area contributed by atoms with E-state index in [1.807, 2.05) is 0 Å². The van der Waals surface area contributed by atoms with Gasteiger partial charge >= 0.3 is 0 Å². The standard InChI is InChI=1S/C11H21N7/c1-18(6-8-3-2-4-14-5-8)7-9-15-10(12)17-11(13)16-9/h8,14H,2-7H2,1H3,(H4,12,13,15,16,17). The molecule has 0 aliphatic carbocycles. The lowest BCUT2D eigenvalue weighted by Gasteiger charge is -2.27. The van der Waals surface area contributed by atoms with Crippen molar-refractivity contribution in [2.45, 2.75) is 19.4 Å². The second kappa shape index (κ2) is 5.92. The largest absolute Gasteiger partial charge is 0.368 e. The van der Waals surface area contributed by atoms with Crippen LogP contribution in [0.1, 0.15) is 18.7 Å². The SMILES string of the molecule is CN(Cc1nc(N)nc(N)n1)CC1CCCNC1. The van der Waals surface area contributed by atoms with Crippen molar-refractivity contribution < 1.29 is 0 Å². The number of nitrogens with zero attached hydrogens (tertiary/aromatic N) is 4. The van der Waals surface area contributed by atoms with Gasteiger partial charge in [0.25, 0.3) is 0 Å². The Kier molecular flexibility index (Phi) is 4.27. The minimum atomic E-state index is 0.185. The zero-order valence-corrected chi connectivity index (χ0v) is 10.8. The summed E-state index contributed by atoms with van der Waals surface area (Å²) < 4.78 is 0. The van der Waals surface area contributed by atoms with Crippen LogP contribution in [-0.4, -0.2) is 46.5 Å². The van der Waals surface area contributed by atoms with Crippen LogP contribution in [0.4, 0.5) is 11.9 Å². The molecule has 1 aliphatic rings. The fourth-order valence-electron chi connectivity index (χ4n) is 2.35. The molecule has 18 heavy (non-hydrogen) atoms. The van der Waals surface area contributed by atoms with Crippen LogP contribution in [-0.2, 0) is 6.54 Å². The fraction of sp³-hybridized carbons (Fsp3) is 0.727. The van der Waals surface area contributed by atoms with Crippen molar-refractivity contribution in [1.82, 2.24) is 25.2 Å². The summed E-state index contributed by atoms with van der Waals surface area (Å²) in [5, 5.41) is 3.41. The first-order valence-corrected chi connectivity index (χ1v) is 6.28. The number of nitrogen functional groups attached to an aromatic ring is 2. The number of aromatic nitrogens is 3. The zero-order chi connectivity index (χ0) is 13.0.